The molecule has 3 rings (SSSR count). The van der Waals surface area contributed by atoms with E-state index in [0.29, 0.717) is 12.5 Å². The number of benzene rings is 1. The van der Waals surface area contributed by atoms with Crippen LogP contribution in [0.25, 0.3) is 0 Å². The topological polar surface area (TPSA) is 70.6 Å². The van der Waals surface area contributed by atoms with Gasteiger partial charge in [0.25, 0.3) is 0 Å². The molecule has 2 aliphatic rings. The first-order valence-electron chi connectivity index (χ1n) is 8.02. The van der Waals surface area contributed by atoms with Crippen molar-refractivity contribution in [1.82, 2.24) is 10.6 Å². The highest BCUT2D eigenvalue weighted by Crippen LogP contribution is 2.39. The van der Waals surface area contributed by atoms with Crippen LogP contribution < -0.4 is 15.4 Å². The predicted octanol–water partition coefficient (Wildman–Crippen LogP) is 1.62. The molecule has 1 heterocycles. The molecule has 0 saturated heterocycles. The Balaban J connectivity index is 1.45. The van der Waals surface area contributed by atoms with Crippen molar-refractivity contribution < 1.29 is 14.6 Å². The van der Waals surface area contributed by atoms with Crippen LogP contribution in [-0.2, 0) is 12.8 Å². The zero-order chi connectivity index (χ0) is 15.6. The van der Waals surface area contributed by atoms with Gasteiger partial charge in [-0.1, -0.05) is 12.1 Å². The average Bonchev–Trinajstić information content (AvgIpc) is 3.26. The molecule has 1 aliphatic heterocycles. The number of nitrogens with one attached hydrogen (secondary N) is 2. The minimum absolute atomic E-state index is 0.0179. The molecule has 1 unspecified atom stereocenters. The van der Waals surface area contributed by atoms with Crippen molar-refractivity contribution in [1.29, 1.82) is 0 Å². The monoisotopic (exact) mass is 304 g/mol. The Morgan fingerprint density at radius 3 is 3.00 bits per heavy atom. The molecule has 1 aliphatic carbocycles. The Morgan fingerprint density at radius 1 is 1.45 bits per heavy atom. The Hall–Kier alpha value is -1.75. The van der Waals surface area contributed by atoms with Crippen molar-refractivity contribution in [2.75, 3.05) is 19.8 Å². The SMILES string of the molecule is CC(CO)(NC(=O)NCCc1ccc2c(c1)CCO2)C1CC1. The molecule has 0 spiro atoms. The molecule has 5 nitrogen and oxygen atoms in total. The molecule has 1 fully saturated rings. The van der Waals surface area contributed by atoms with Crippen molar-refractivity contribution >= 4 is 6.03 Å². The number of hydrogen-bond acceptors (Lipinski definition) is 3. The van der Waals surface area contributed by atoms with Crippen molar-refractivity contribution in [2.24, 2.45) is 5.92 Å². The third-order valence-corrected chi connectivity index (χ3v) is 4.66. The number of aliphatic hydroxyl groups is 1. The molecule has 22 heavy (non-hydrogen) atoms. The number of fused-ring (bicyclic) bond motifs is 1. The van der Waals surface area contributed by atoms with Gasteiger partial charge in [0.15, 0.2) is 0 Å². The standard InChI is InChI=1S/C17H24N2O3/c1-17(11-20,14-3-4-14)19-16(21)18-8-6-12-2-5-15-13(10-12)7-9-22-15/h2,5,10,14,20H,3-4,6-9,11H2,1H3,(H2,18,19,21). The van der Waals surface area contributed by atoms with Gasteiger partial charge in [-0.2, -0.15) is 0 Å². The first-order chi connectivity index (χ1) is 10.6. The molecule has 0 radical (unpaired) electrons. The van der Waals surface area contributed by atoms with Gasteiger partial charge in [0.05, 0.1) is 18.8 Å². The Labute approximate surface area is 131 Å². The summed E-state index contributed by atoms with van der Waals surface area (Å²) < 4.78 is 5.49. The predicted molar refractivity (Wildman–Crippen MR) is 84.1 cm³/mol. The van der Waals surface area contributed by atoms with Crippen molar-refractivity contribution in [3.05, 3.63) is 29.3 Å². The molecule has 120 valence electrons. The van der Waals surface area contributed by atoms with Crippen LogP contribution in [-0.4, -0.2) is 36.4 Å². The number of urea groups is 1. The zero-order valence-corrected chi connectivity index (χ0v) is 13.0. The maximum atomic E-state index is 12.0. The minimum Gasteiger partial charge on any atom is -0.493 e. The highest BCUT2D eigenvalue weighted by atomic mass is 16.5. The second kappa shape index (κ2) is 6.16. The summed E-state index contributed by atoms with van der Waals surface area (Å²) >= 11 is 0. The Morgan fingerprint density at radius 2 is 2.27 bits per heavy atom. The third-order valence-electron chi connectivity index (χ3n) is 4.66. The van der Waals surface area contributed by atoms with Crippen LogP contribution in [0.3, 0.4) is 0 Å². The molecule has 0 bridgehead atoms. The second-order valence-corrected chi connectivity index (χ2v) is 6.52. The van der Waals surface area contributed by atoms with Crippen LogP contribution in [0.4, 0.5) is 4.79 Å². The van der Waals surface area contributed by atoms with Crippen molar-refractivity contribution in [2.45, 2.75) is 38.1 Å². The van der Waals surface area contributed by atoms with E-state index < -0.39 is 5.54 Å². The maximum absolute atomic E-state index is 12.0. The lowest BCUT2D eigenvalue weighted by molar-refractivity contribution is 0.155. The van der Waals surface area contributed by atoms with E-state index in [1.165, 1.54) is 11.1 Å². The van der Waals surface area contributed by atoms with E-state index in [9.17, 15) is 9.90 Å². The summed E-state index contributed by atoms with van der Waals surface area (Å²) in [4.78, 5) is 12.0. The van der Waals surface area contributed by atoms with Crippen LogP contribution in [0.15, 0.2) is 18.2 Å². The number of carbonyl (C=O) groups is 1. The summed E-state index contributed by atoms with van der Waals surface area (Å²) in [5.41, 5.74) is 1.97. The van der Waals surface area contributed by atoms with Crippen LogP contribution in [0.2, 0.25) is 0 Å². The van der Waals surface area contributed by atoms with Gasteiger partial charge in [0.2, 0.25) is 0 Å². The lowest BCUT2D eigenvalue weighted by Gasteiger charge is -2.28. The first-order valence-corrected chi connectivity index (χ1v) is 8.02. The third kappa shape index (κ3) is 3.35. The molecular weight excluding hydrogens is 280 g/mol. The lowest BCUT2D eigenvalue weighted by atomic mass is 9.97. The highest BCUT2D eigenvalue weighted by Gasteiger charge is 2.42. The molecule has 1 aromatic rings. The summed E-state index contributed by atoms with van der Waals surface area (Å²) in [6, 6.07) is 6.01. The quantitative estimate of drug-likeness (QED) is 0.748. The van der Waals surface area contributed by atoms with E-state index in [0.717, 1.165) is 38.0 Å². The van der Waals surface area contributed by atoms with Crippen molar-refractivity contribution in [3.63, 3.8) is 0 Å². The summed E-state index contributed by atoms with van der Waals surface area (Å²) in [5.74, 6) is 1.39. The van der Waals surface area contributed by atoms with Crippen LogP contribution in [0, 0.1) is 5.92 Å². The summed E-state index contributed by atoms with van der Waals surface area (Å²) in [7, 11) is 0. The first kappa shape index (κ1) is 15.2. The number of amides is 2. The van der Waals surface area contributed by atoms with E-state index >= 15 is 0 Å². The number of rotatable bonds is 6. The van der Waals surface area contributed by atoms with Gasteiger partial charge in [0, 0.05) is 13.0 Å². The number of hydrogen-bond donors (Lipinski definition) is 3. The fourth-order valence-corrected chi connectivity index (χ4v) is 3.01. The molecule has 2 amide bonds. The molecule has 1 atom stereocenters. The molecule has 5 heteroatoms. The highest BCUT2D eigenvalue weighted by molar-refractivity contribution is 5.74. The van der Waals surface area contributed by atoms with Crippen molar-refractivity contribution in [3.8, 4) is 5.75 Å². The van der Waals surface area contributed by atoms with Gasteiger partial charge in [-0.25, -0.2) is 4.79 Å². The average molecular weight is 304 g/mol. The fourth-order valence-electron chi connectivity index (χ4n) is 3.01. The maximum Gasteiger partial charge on any atom is 0.315 e. The number of aliphatic hydroxyl groups excluding tert-OH is 1. The van der Waals surface area contributed by atoms with E-state index in [1.807, 2.05) is 19.1 Å². The number of ether oxygens (including phenoxy) is 1. The fraction of sp³-hybridized carbons (Fsp3) is 0.588. The summed E-state index contributed by atoms with van der Waals surface area (Å²) in [6.45, 7) is 3.23. The Bertz CT molecular complexity index is 557. The van der Waals surface area contributed by atoms with Gasteiger partial charge in [-0.05, 0) is 49.3 Å². The Kier molecular flexibility index (Phi) is 4.25. The van der Waals surface area contributed by atoms with E-state index in [1.54, 1.807) is 0 Å². The van der Waals surface area contributed by atoms with E-state index in [2.05, 4.69) is 16.7 Å². The van der Waals surface area contributed by atoms with Crippen LogP contribution in [0.1, 0.15) is 30.9 Å². The van der Waals surface area contributed by atoms with Gasteiger partial charge >= 0.3 is 6.03 Å². The minimum atomic E-state index is -0.491. The van der Waals surface area contributed by atoms with Crippen LogP contribution in [0.5, 0.6) is 5.75 Å². The van der Waals surface area contributed by atoms with Gasteiger partial charge < -0.3 is 20.5 Å². The molecule has 1 saturated carbocycles. The second-order valence-electron chi connectivity index (χ2n) is 6.52. The summed E-state index contributed by atoms with van der Waals surface area (Å²) in [5, 5.41) is 15.3. The van der Waals surface area contributed by atoms with Gasteiger partial charge in [-0.3, -0.25) is 0 Å². The number of carbonyl (C=O) groups excluding carboxylic acids is 1. The van der Waals surface area contributed by atoms with Gasteiger partial charge in [-0.15, -0.1) is 0 Å². The van der Waals surface area contributed by atoms with E-state index in [4.69, 9.17) is 4.74 Å². The van der Waals surface area contributed by atoms with Crippen LogP contribution >= 0.6 is 0 Å². The normalized spacial score (nSPS) is 19.0. The van der Waals surface area contributed by atoms with E-state index in [-0.39, 0.29) is 12.6 Å². The molecule has 0 aromatic heterocycles. The molecule has 1 aromatic carbocycles. The summed E-state index contributed by atoms with van der Waals surface area (Å²) in [6.07, 6.45) is 3.91. The largest absolute Gasteiger partial charge is 0.493 e. The molecule has 3 N–H and O–H groups in total. The smallest absolute Gasteiger partial charge is 0.315 e. The zero-order valence-electron chi connectivity index (χ0n) is 13.0. The molecular formula is C17H24N2O3. The lowest BCUT2D eigenvalue weighted by Crippen LogP contribution is -2.54. The van der Waals surface area contributed by atoms with Gasteiger partial charge in [0.1, 0.15) is 5.75 Å².